The van der Waals surface area contributed by atoms with Gasteiger partial charge in [0.2, 0.25) is 0 Å². The molecule has 0 heterocycles. The second-order valence-corrected chi connectivity index (χ2v) is 5.82. The Labute approximate surface area is 114 Å². The van der Waals surface area contributed by atoms with E-state index < -0.39 is 7.60 Å². The van der Waals surface area contributed by atoms with Crippen molar-refractivity contribution in [1.82, 2.24) is 0 Å². The van der Waals surface area contributed by atoms with Crippen molar-refractivity contribution in [3.05, 3.63) is 41.2 Å². The van der Waals surface area contributed by atoms with Crippen LogP contribution in [-0.2, 0) is 18.4 Å². The summed E-state index contributed by atoms with van der Waals surface area (Å²) in [7, 11) is -3.54. The Morgan fingerprint density at radius 2 is 1.68 bits per heavy atom. The summed E-state index contributed by atoms with van der Waals surface area (Å²) < 4.78 is 23.0. The van der Waals surface area contributed by atoms with Crippen LogP contribution in [0.4, 0.5) is 0 Å². The topological polar surface area (TPSA) is 52.6 Å². The summed E-state index contributed by atoms with van der Waals surface area (Å²) in [5.41, 5.74) is 0.785. The number of carbonyl (C=O) groups is 1. The van der Waals surface area contributed by atoms with E-state index in [1.807, 2.05) is 30.3 Å². The summed E-state index contributed by atoms with van der Waals surface area (Å²) in [5, 5.41) is 0.0856. The molecule has 4 nitrogen and oxygen atoms in total. The Balaban J connectivity index is 3.22. The number of allylic oxidation sites excluding steroid dienone is 1. The lowest BCUT2D eigenvalue weighted by atomic mass is 10.2. The molecule has 1 rings (SSSR count). The molecule has 0 aromatic heterocycles. The quantitative estimate of drug-likeness (QED) is 0.562. The maximum Gasteiger partial charge on any atom is 0.364 e. The molecule has 0 bridgehead atoms. The molecular formula is C14H19O4P. The van der Waals surface area contributed by atoms with Crippen molar-refractivity contribution in [2.75, 3.05) is 13.2 Å². The van der Waals surface area contributed by atoms with Gasteiger partial charge in [-0.3, -0.25) is 9.36 Å². The minimum absolute atomic E-state index is 0.0856. The Kier molecular flexibility index (Phi) is 6.16. The number of hydrogen-bond acceptors (Lipinski definition) is 4. The van der Waals surface area contributed by atoms with Crippen molar-refractivity contribution >= 4 is 19.5 Å². The first-order valence-corrected chi connectivity index (χ1v) is 7.75. The van der Waals surface area contributed by atoms with E-state index in [9.17, 15) is 9.36 Å². The van der Waals surface area contributed by atoms with Gasteiger partial charge in [0.05, 0.1) is 13.2 Å². The van der Waals surface area contributed by atoms with E-state index in [0.29, 0.717) is 0 Å². The molecule has 5 heteroatoms. The Morgan fingerprint density at radius 3 is 2.11 bits per heavy atom. The van der Waals surface area contributed by atoms with Crippen molar-refractivity contribution < 1.29 is 18.4 Å². The maximum absolute atomic E-state index is 12.6. The van der Waals surface area contributed by atoms with Crippen LogP contribution in [-0.4, -0.2) is 19.0 Å². The van der Waals surface area contributed by atoms with E-state index in [2.05, 4.69) is 0 Å². The number of carbonyl (C=O) groups excluding carboxylic acids is 1. The smallest absolute Gasteiger partial charge is 0.305 e. The molecule has 0 atom stereocenters. The van der Waals surface area contributed by atoms with Gasteiger partial charge in [0.15, 0.2) is 5.78 Å². The van der Waals surface area contributed by atoms with E-state index in [1.165, 1.54) is 6.92 Å². The van der Waals surface area contributed by atoms with Crippen molar-refractivity contribution in [3.63, 3.8) is 0 Å². The summed E-state index contributed by atoms with van der Waals surface area (Å²) in [6.07, 6.45) is 1.56. The van der Waals surface area contributed by atoms with E-state index in [1.54, 1.807) is 19.9 Å². The SMILES string of the molecule is CCOP(=O)(OCC)/C(=C/c1ccccc1)C(C)=O. The normalized spacial score (nSPS) is 12.5. The lowest BCUT2D eigenvalue weighted by molar-refractivity contribution is -0.113. The molecule has 0 aliphatic rings. The highest BCUT2D eigenvalue weighted by atomic mass is 31.2. The first kappa shape index (κ1) is 15.8. The molecule has 0 aliphatic heterocycles. The zero-order chi connectivity index (χ0) is 14.3. The highest BCUT2D eigenvalue weighted by Crippen LogP contribution is 2.56. The fourth-order valence-electron chi connectivity index (χ4n) is 1.60. The largest absolute Gasteiger partial charge is 0.364 e. The van der Waals surface area contributed by atoms with Crippen LogP contribution in [0.15, 0.2) is 35.6 Å². The van der Waals surface area contributed by atoms with Crippen LogP contribution >= 0.6 is 7.60 Å². The third-order valence-electron chi connectivity index (χ3n) is 2.36. The lowest BCUT2D eigenvalue weighted by Crippen LogP contribution is -2.05. The third-order valence-corrected chi connectivity index (χ3v) is 4.59. The number of ketones is 1. The zero-order valence-electron chi connectivity index (χ0n) is 11.5. The first-order chi connectivity index (χ1) is 9.03. The van der Waals surface area contributed by atoms with Crippen molar-refractivity contribution in [3.8, 4) is 0 Å². The van der Waals surface area contributed by atoms with Crippen LogP contribution in [0.2, 0.25) is 0 Å². The summed E-state index contributed by atoms with van der Waals surface area (Å²) >= 11 is 0. The molecule has 0 spiro atoms. The molecular weight excluding hydrogens is 263 g/mol. The van der Waals surface area contributed by atoms with Crippen molar-refractivity contribution in [2.45, 2.75) is 20.8 Å². The molecule has 0 amide bonds. The van der Waals surface area contributed by atoms with Crippen LogP contribution in [0.3, 0.4) is 0 Å². The minimum atomic E-state index is -3.54. The predicted octanol–water partition coefficient (Wildman–Crippen LogP) is 3.88. The van der Waals surface area contributed by atoms with Gasteiger partial charge in [-0.05, 0) is 32.4 Å². The summed E-state index contributed by atoms with van der Waals surface area (Å²) in [5.74, 6) is -0.311. The van der Waals surface area contributed by atoms with Crippen LogP contribution in [0.25, 0.3) is 6.08 Å². The van der Waals surface area contributed by atoms with Gasteiger partial charge in [-0.15, -0.1) is 0 Å². The van der Waals surface area contributed by atoms with Crippen molar-refractivity contribution in [1.29, 1.82) is 0 Å². The van der Waals surface area contributed by atoms with Crippen LogP contribution in [0.5, 0.6) is 0 Å². The molecule has 0 unspecified atom stereocenters. The molecule has 104 valence electrons. The fourth-order valence-corrected chi connectivity index (χ4v) is 3.32. The summed E-state index contributed by atoms with van der Waals surface area (Å²) in [4.78, 5) is 11.7. The third kappa shape index (κ3) is 4.43. The molecule has 0 radical (unpaired) electrons. The van der Waals surface area contributed by atoms with Gasteiger partial charge in [0.25, 0.3) is 0 Å². The second kappa shape index (κ2) is 7.39. The maximum atomic E-state index is 12.6. The molecule has 1 aromatic carbocycles. The molecule has 0 fully saturated rings. The van der Waals surface area contributed by atoms with Gasteiger partial charge in [0.1, 0.15) is 5.31 Å². The molecule has 0 aliphatic carbocycles. The van der Waals surface area contributed by atoms with Gasteiger partial charge >= 0.3 is 7.60 Å². The lowest BCUT2D eigenvalue weighted by Gasteiger charge is -2.18. The summed E-state index contributed by atoms with van der Waals surface area (Å²) in [6.45, 7) is 5.23. The molecule has 0 saturated carbocycles. The van der Waals surface area contributed by atoms with E-state index >= 15 is 0 Å². The number of benzene rings is 1. The van der Waals surface area contributed by atoms with Gasteiger partial charge in [-0.2, -0.15) is 0 Å². The fraction of sp³-hybridized carbons (Fsp3) is 0.357. The molecule has 1 aromatic rings. The monoisotopic (exact) mass is 282 g/mol. The first-order valence-electron chi connectivity index (χ1n) is 6.21. The highest BCUT2D eigenvalue weighted by Gasteiger charge is 2.32. The van der Waals surface area contributed by atoms with Gasteiger partial charge in [0, 0.05) is 0 Å². The minimum Gasteiger partial charge on any atom is -0.305 e. The van der Waals surface area contributed by atoms with E-state index in [4.69, 9.17) is 9.05 Å². The predicted molar refractivity (Wildman–Crippen MR) is 76.0 cm³/mol. The van der Waals surface area contributed by atoms with Gasteiger partial charge in [-0.1, -0.05) is 30.3 Å². The zero-order valence-corrected chi connectivity index (χ0v) is 12.4. The standard InChI is InChI=1S/C14H19O4P/c1-4-17-19(16,18-5-2)14(12(3)15)11-13-9-7-6-8-10-13/h6-11H,4-5H2,1-3H3/b14-11+. The highest BCUT2D eigenvalue weighted by molar-refractivity contribution is 7.60. The number of rotatable bonds is 7. The Morgan fingerprint density at radius 1 is 1.16 bits per heavy atom. The molecule has 0 saturated heterocycles. The Hall–Kier alpha value is -1.22. The number of hydrogen-bond donors (Lipinski definition) is 0. The molecule has 19 heavy (non-hydrogen) atoms. The molecule has 0 N–H and O–H groups in total. The van der Waals surface area contributed by atoms with Gasteiger partial charge < -0.3 is 9.05 Å². The van der Waals surface area contributed by atoms with Crippen LogP contribution in [0.1, 0.15) is 26.3 Å². The average molecular weight is 282 g/mol. The van der Waals surface area contributed by atoms with Gasteiger partial charge in [-0.25, -0.2) is 0 Å². The number of Topliss-reactive ketones (excluding diaryl/α,β-unsaturated/α-hetero) is 1. The van der Waals surface area contributed by atoms with Crippen LogP contribution in [0, 0.1) is 0 Å². The van der Waals surface area contributed by atoms with E-state index in [0.717, 1.165) is 5.56 Å². The van der Waals surface area contributed by atoms with Crippen LogP contribution < -0.4 is 0 Å². The second-order valence-electron chi connectivity index (χ2n) is 3.83. The Bertz CT molecular complexity index is 483. The van der Waals surface area contributed by atoms with E-state index in [-0.39, 0.29) is 24.3 Å². The summed E-state index contributed by atoms with van der Waals surface area (Å²) in [6, 6.07) is 9.21. The average Bonchev–Trinajstić information content (AvgIpc) is 2.37. The van der Waals surface area contributed by atoms with Crippen molar-refractivity contribution in [2.24, 2.45) is 0 Å².